The van der Waals surface area contributed by atoms with Crippen LogP contribution < -0.4 is 16.0 Å². The minimum Gasteiger partial charge on any atom is -0.495 e. The molecule has 22 heavy (non-hydrogen) atoms. The second-order valence-electron chi connectivity index (χ2n) is 6.12. The molecule has 1 aliphatic carbocycles. The van der Waals surface area contributed by atoms with Crippen LogP contribution in [0.5, 0.6) is 5.75 Å². The van der Waals surface area contributed by atoms with Gasteiger partial charge in [-0.25, -0.2) is 4.79 Å². The van der Waals surface area contributed by atoms with Gasteiger partial charge in [0.05, 0.1) is 41.8 Å². The van der Waals surface area contributed by atoms with Crippen molar-refractivity contribution < 1.29 is 9.47 Å². The molecule has 7 heteroatoms. The van der Waals surface area contributed by atoms with Crippen LogP contribution in [-0.2, 0) is 11.3 Å². The normalized spacial score (nSPS) is 26.2. The minimum absolute atomic E-state index is 0.289. The van der Waals surface area contributed by atoms with E-state index in [4.69, 9.17) is 21.1 Å². The Labute approximate surface area is 130 Å². The summed E-state index contributed by atoms with van der Waals surface area (Å²) in [5.74, 6) is 0.996. The third-order valence-corrected chi connectivity index (χ3v) is 4.94. The van der Waals surface area contributed by atoms with Crippen molar-refractivity contribution in [3.05, 3.63) is 38.0 Å². The molecular weight excluding hydrogens is 308 g/mol. The van der Waals surface area contributed by atoms with E-state index in [1.165, 1.54) is 17.7 Å². The molecule has 2 saturated heterocycles. The van der Waals surface area contributed by atoms with E-state index in [1.54, 1.807) is 6.07 Å². The van der Waals surface area contributed by atoms with E-state index in [9.17, 15) is 9.59 Å². The summed E-state index contributed by atoms with van der Waals surface area (Å²) in [6.45, 7) is 1.01. The maximum Gasteiger partial charge on any atom is 0.328 e. The number of aromatic amines is 1. The van der Waals surface area contributed by atoms with Gasteiger partial charge in [-0.1, -0.05) is 11.6 Å². The lowest BCUT2D eigenvalue weighted by molar-refractivity contribution is -0.0152. The Kier molecular flexibility index (Phi) is 2.90. The second-order valence-corrected chi connectivity index (χ2v) is 6.53. The fraction of sp³-hybridized carbons (Fsp3) is 0.467. The summed E-state index contributed by atoms with van der Waals surface area (Å²) >= 11 is 6.08. The first kappa shape index (κ1) is 13.8. The summed E-state index contributed by atoms with van der Waals surface area (Å²) in [7, 11) is 1.48. The Hall–Kier alpha value is -1.79. The molecule has 1 aromatic heterocycles. The Bertz CT molecular complexity index is 874. The van der Waals surface area contributed by atoms with Crippen molar-refractivity contribution in [2.45, 2.75) is 25.0 Å². The van der Waals surface area contributed by atoms with Crippen LogP contribution in [0.4, 0.5) is 0 Å². The minimum atomic E-state index is -0.435. The van der Waals surface area contributed by atoms with Gasteiger partial charge in [0.1, 0.15) is 5.75 Å². The van der Waals surface area contributed by atoms with Crippen molar-refractivity contribution in [2.24, 2.45) is 5.92 Å². The maximum atomic E-state index is 12.6. The highest BCUT2D eigenvalue weighted by Crippen LogP contribution is 2.48. The van der Waals surface area contributed by atoms with Crippen molar-refractivity contribution >= 4 is 22.5 Å². The first-order valence-corrected chi connectivity index (χ1v) is 7.53. The van der Waals surface area contributed by atoms with Gasteiger partial charge in [0, 0.05) is 6.07 Å². The molecule has 0 atom stereocenters. The monoisotopic (exact) mass is 322 g/mol. The van der Waals surface area contributed by atoms with Crippen LogP contribution in [0.15, 0.2) is 21.7 Å². The number of aromatic nitrogens is 2. The number of methoxy groups -OCH3 is 1. The van der Waals surface area contributed by atoms with Gasteiger partial charge in [-0.3, -0.25) is 9.36 Å². The third-order valence-electron chi connectivity index (χ3n) is 4.65. The molecule has 1 saturated carbocycles. The lowest BCUT2D eigenvalue weighted by Crippen LogP contribution is -2.47. The fourth-order valence-electron chi connectivity index (χ4n) is 3.54. The molecule has 3 aliphatic rings. The van der Waals surface area contributed by atoms with E-state index in [1.807, 2.05) is 0 Å². The van der Waals surface area contributed by atoms with Crippen LogP contribution in [0.1, 0.15) is 12.8 Å². The molecule has 0 spiro atoms. The van der Waals surface area contributed by atoms with Crippen LogP contribution in [0, 0.1) is 5.92 Å². The lowest BCUT2D eigenvalue weighted by Gasteiger charge is -2.35. The Morgan fingerprint density at radius 2 is 2.23 bits per heavy atom. The number of fused-ring (bicyclic) bond motifs is 2. The van der Waals surface area contributed by atoms with Gasteiger partial charge in [-0.15, -0.1) is 0 Å². The number of rotatable bonds is 3. The van der Waals surface area contributed by atoms with Gasteiger partial charge in [0.25, 0.3) is 5.56 Å². The summed E-state index contributed by atoms with van der Waals surface area (Å²) in [6, 6.07) is 3.09. The van der Waals surface area contributed by atoms with Crippen LogP contribution in [0.3, 0.4) is 0 Å². The lowest BCUT2D eigenvalue weighted by atomic mass is 9.74. The molecule has 6 nitrogen and oxygen atoms in total. The molecule has 2 bridgehead atoms. The standard InChI is InChI=1S/C15H15ClN2O4/c1-21-12-3-11-9(2-10(12)16)13(19)18(14(20)17-11)7-15-4-8(5-15)6-22-15/h2-3,8H,4-7H2,1H3,(H,17,20). The van der Waals surface area contributed by atoms with E-state index in [2.05, 4.69) is 4.98 Å². The van der Waals surface area contributed by atoms with E-state index in [0.717, 1.165) is 19.4 Å². The number of nitrogens with zero attached hydrogens (tertiary/aromatic N) is 1. The van der Waals surface area contributed by atoms with E-state index in [-0.39, 0.29) is 17.7 Å². The second kappa shape index (κ2) is 4.60. The molecule has 1 aromatic carbocycles. The predicted octanol–water partition coefficient (Wildman–Crippen LogP) is 1.53. The summed E-state index contributed by atoms with van der Waals surface area (Å²) < 4.78 is 12.1. The van der Waals surface area contributed by atoms with Gasteiger partial charge in [-0.05, 0) is 24.8 Å². The zero-order valence-electron chi connectivity index (χ0n) is 12.0. The summed E-state index contributed by atoms with van der Waals surface area (Å²) in [6.07, 6.45) is 1.83. The number of H-pyrrole nitrogens is 1. The van der Waals surface area contributed by atoms with Crippen LogP contribution in [0.25, 0.3) is 10.9 Å². The number of ether oxygens (including phenoxy) is 2. The highest BCUT2D eigenvalue weighted by atomic mass is 35.5. The topological polar surface area (TPSA) is 73.3 Å². The van der Waals surface area contributed by atoms with E-state index >= 15 is 0 Å². The first-order valence-electron chi connectivity index (χ1n) is 7.16. The third kappa shape index (κ3) is 1.90. The molecule has 3 fully saturated rings. The van der Waals surface area contributed by atoms with Gasteiger partial charge < -0.3 is 14.5 Å². The van der Waals surface area contributed by atoms with Gasteiger partial charge in [0.15, 0.2) is 0 Å². The number of benzene rings is 1. The van der Waals surface area contributed by atoms with E-state index in [0.29, 0.717) is 27.6 Å². The Morgan fingerprint density at radius 3 is 2.86 bits per heavy atom. The molecule has 2 aromatic rings. The van der Waals surface area contributed by atoms with Crippen LogP contribution in [0.2, 0.25) is 5.02 Å². The quantitative estimate of drug-likeness (QED) is 0.930. The molecule has 116 valence electrons. The average Bonchev–Trinajstić information content (AvgIpc) is 3.04. The molecule has 2 aliphatic heterocycles. The Morgan fingerprint density at radius 1 is 1.45 bits per heavy atom. The smallest absolute Gasteiger partial charge is 0.328 e. The molecule has 1 N–H and O–H groups in total. The van der Waals surface area contributed by atoms with Crippen molar-refractivity contribution in [2.75, 3.05) is 13.7 Å². The summed E-state index contributed by atoms with van der Waals surface area (Å²) in [5, 5.41) is 0.709. The van der Waals surface area contributed by atoms with Crippen molar-refractivity contribution in [1.82, 2.24) is 9.55 Å². The number of halogens is 1. The summed E-state index contributed by atoms with van der Waals surface area (Å²) in [5.41, 5.74) is -0.707. The zero-order chi connectivity index (χ0) is 15.5. The maximum absolute atomic E-state index is 12.6. The van der Waals surface area contributed by atoms with Crippen molar-refractivity contribution in [1.29, 1.82) is 0 Å². The molecule has 0 radical (unpaired) electrons. The van der Waals surface area contributed by atoms with Crippen molar-refractivity contribution in [3.63, 3.8) is 0 Å². The van der Waals surface area contributed by atoms with Gasteiger partial charge in [-0.2, -0.15) is 0 Å². The molecule has 0 unspecified atom stereocenters. The Balaban J connectivity index is 1.85. The van der Waals surface area contributed by atoms with Crippen LogP contribution in [-0.4, -0.2) is 28.9 Å². The van der Waals surface area contributed by atoms with Gasteiger partial charge >= 0.3 is 5.69 Å². The molecule has 3 heterocycles. The SMILES string of the molecule is COc1cc2[nH]c(=O)n(CC34CC(CO3)C4)c(=O)c2cc1Cl. The summed E-state index contributed by atoms with van der Waals surface area (Å²) in [4.78, 5) is 27.6. The molecule has 5 rings (SSSR count). The highest BCUT2D eigenvalue weighted by Gasteiger charge is 2.52. The molecule has 0 amide bonds. The van der Waals surface area contributed by atoms with E-state index < -0.39 is 5.69 Å². The van der Waals surface area contributed by atoms with Gasteiger partial charge in [0.2, 0.25) is 0 Å². The van der Waals surface area contributed by atoms with Crippen LogP contribution >= 0.6 is 11.6 Å². The van der Waals surface area contributed by atoms with Crippen molar-refractivity contribution in [3.8, 4) is 5.75 Å². The first-order chi connectivity index (χ1) is 10.5. The zero-order valence-corrected chi connectivity index (χ0v) is 12.8. The fourth-order valence-corrected chi connectivity index (χ4v) is 3.78. The largest absolute Gasteiger partial charge is 0.495 e. The number of hydrogen-bond donors (Lipinski definition) is 1. The average molecular weight is 323 g/mol. The number of nitrogens with one attached hydrogen (secondary N) is 1. The number of hydrogen-bond acceptors (Lipinski definition) is 4. The molecular formula is C15H15ClN2O4. The predicted molar refractivity (Wildman–Crippen MR) is 81.8 cm³/mol. The highest BCUT2D eigenvalue weighted by molar-refractivity contribution is 6.32.